The Morgan fingerprint density at radius 1 is 1.07 bits per heavy atom. The largest absolute Gasteiger partial charge is 0.489 e. The SMILES string of the molecule is CC(C)(O)COc1ccc(C(O)C(CN2CCCC2)NC(=O)C2CCN(c3ccc4ccccc4c3)C2)cc1Cl. The van der Waals surface area contributed by atoms with Crippen LogP contribution in [0, 0.1) is 5.92 Å². The van der Waals surface area contributed by atoms with E-state index in [1.807, 2.05) is 12.1 Å². The summed E-state index contributed by atoms with van der Waals surface area (Å²) in [6.07, 6.45) is 2.09. The molecular weight excluding hydrogens is 526 g/mol. The zero-order valence-electron chi connectivity index (χ0n) is 23.4. The van der Waals surface area contributed by atoms with Gasteiger partial charge in [0.1, 0.15) is 18.5 Å². The lowest BCUT2D eigenvalue weighted by atomic mass is 10.00. The summed E-state index contributed by atoms with van der Waals surface area (Å²) in [6, 6.07) is 19.4. The number of halogens is 1. The van der Waals surface area contributed by atoms with Gasteiger partial charge in [-0.15, -0.1) is 0 Å². The monoisotopic (exact) mass is 565 g/mol. The number of ether oxygens (including phenoxy) is 1. The Hall–Kier alpha value is -2.84. The van der Waals surface area contributed by atoms with Crippen LogP contribution in [0.2, 0.25) is 5.02 Å². The van der Waals surface area contributed by atoms with Crippen LogP contribution >= 0.6 is 11.6 Å². The number of likely N-dealkylation sites (tertiary alicyclic amines) is 1. The molecule has 0 bridgehead atoms. The highest BCUT2D eigenvalue weighted by Crippen LogP contribution is 2.31. The standard InChI is InChI=1S/C32H40ClN3O4/c1-32(2,39)21-40-29-12-10-24(18-27(29)33)30(37)28(20-35-14-5-6-15-35)34-31(38)25-13-16-36(19-25)26-11-9-22-7-3-4-8-23(22)17-26/h3-4,7-12,17-18,25,28,30,37,39H,5-6,13-16,19-21H2,1-2H3,(H,34,38). The maximum absolute atomic E-state index is 13.5. The minimum Gasteiger partial charge on any atom is -0.489 e. The number of hydrogen-bond donors (Lipinski definition) is 3. The molecule has 3 N–H and O–H groups in total. The molecule has 5 rings (SSSR count). The molecule has 2 aliphatic rings. The maximum atomic E-state index is 13.5. The van der Waals surface area contributed by atoms with Gasteiger partial charge in [0.25, 0.3) is 0 Å². The number of rotatable bonds is 10. The highest BCUT2D eigenvalue weighted by atomic mass is 35.5. The number of aliphatic hydroxyl groups excluding tert-OH is 1. The average Bonchev–Trinajstić information content (AvgIpc) is 3.63. The summed E-state index contributed by atoms with van der Waals surface area (Å²) in [6.45, 7) is 7.38. The van der Waals surface area contributed by atoms with E-state index >= 15 is 0 Å². The second kappa shape index (κ2) is 12.4. The molecule has 2 saturated heterocycles. The van der Waals surface area contributed by atoms with Gasteiger partial charge in [-0.1, -0.05) is 48.0 Å². The summed E-state index contributed by atoms with van der Waals surface area (Å²) in [5.41, 5.74) is 0.759. The van der Waals surface area contributed by atoms with Gasteiger partial charge in [0.15, 0.2) is 0 Å². The molecule has 2 aliphatic heterocycles. The van der Waals surface area contributed by atoms with E-state index < -0.39 is 17.7 Å². The maximum Gasteiger partial charge on any atom is 0.225 e. The predicted molar refractivity (Wildman–Crippen MR) is 160 cm³/mol. The van der Waals surface area contributed by atoms with Crippen molar-refractivity contribution in [2.24, 2.45) is 5.92 Å². The van der Waals surface area contributed by atoms with Crippen LogP contribution < -0.4 is 15.0 Å². The van der Waals surface area contributed by atoms with Crippen molar-refractivity contribution in [2.75, 3.05) is 44.2 Å². The molecule has 0 saturated carbocycles. The lowest BCUT2D eigenvalue weighted by Crippen LogP contribution is -2.48. The molecule has 8 heteroatoms. The van der Waals surface area contributed by atoms with Gasteiger partial charge < -0.3 is 30.1 Å². The van der Waals surface area contributed by atoms with Crippen molar-refractivity contribution >= 4 is 34.0 Å². The lowest BCUT2D eigenvalue weighted by Gasteiger charge is -2.30. The number of anilines is 1. The average molecular weight is 566 g/mol. The Balaban J connectivity index is 1.26. The molecule has 0 radical (unpaired) electrons. The van der Waals surface area contributed by atoms with Crippen LogP contribution in [0.4, 0.5) is 5.69 Å². The molecule has 7 nitrogen and oxygen atoms in total. The third kappa shape index (κ3) is 7.07. The Bertz CT molecular complexity index is 1320. The van der Waals surface area contributed by atoms with Crippen molar-refractivity contribution in [1.29, 1.82) is 0 Å². The fourth-order valence-electron chi connectivity index (χ4n) is 5.66. The van der Waals surface area contributed by atoms with Gasteiger partial charge in [-0.2, -0.15) is 0 Å². The number of nitrogens with zero attached hydrogens (tertiary/aromatic N) is 2. The van der Waals surface area contributed by atoms with Gasteiger partial charge in [-0.3, -0.25) is 4.79 Å². The summed E-state index contributed by atoms with van der Waals surface area (Å²) < 4.78 is 5.66. The van der Waals surface area contributed by atoms with E-state index in [-0.39, 0.29) is 18.4 Å². The van der Waals surface area contributed by atoms with Crippen molar-refractivity contribution in [3.05, 3.63) is 71.2 Å². The fourth-order valence-corrected chi connectivity index (χ4v) is 5.90. The molecule has 3 aromatic carbocycles. The number of amides is 1. The summed E-state index contributed by atoms with van der Waals surface area (Å²) in [5.74, 6) is 0.267. The fraction of sp³-hybridized carbons (Fsp3) is 0.469. The highest BCUT2D eigenvalue weighted by molar-refractivity contribution is 6.32. The molecule has 2 fully saturated rings. The van der Waals surface area contributed by atoms with Crippen molar-refractivity contribution in [3.8, 4) is 5.75 Å². The normalized spacial score (nSPS) is 19.6. The lowest BCUT2D eigenvalue weighted by molar-refractivity contribution is -0.126. The van der Waals surface area contributed by atoms with Gasteiger partial charge >= 0.3 is 0 Å². The summed E-state index contributed by atoms with van der Waals surface area (Å²) in [5, 5.41) is 27.4. The molecule has 3 unspecified atom stereocenters. The smallest absolute Gasteiger partial charge is 0.225 e. The van der Waals surface area contributed by atoms with Crippen LogP contribution in [0.1, 0.15) is 44.8 Å². The first-order valence-corrected chi connectivity index (χ1v) is 14.6. The molecule has 3 atom stereocenters. The van der Waals surface area contributed by atoms with E-state index in [2.05, 4.69) is 45.4 Å². The van der Waals surface area contributed by atoms with Crippen LogP contribution in [-0.2, 0) is 4.79 Å². The number of aliphatic hydroxyl groups is 2. The van der Waals surface area contributed by atoms with Gasteiger partial charge in [-0.05, 0) is 86.8 Å². The Morgan fingerprint density at radius 2 is 1.82 bits per heavy atom. The quantitative estimate of drug-likeness (QED) is 0.328. The van der Waals surface area contributed by atoms with Crippen LogP contribution in [0.3, 0.4) is 0 Å². The molecule has 2 heterocycles. The molecule has 0 aliphatic carbocycles. The van der Waals surface area contributed by atoms with E-state index in [0.717, 1.165) is 44.6 Å². The number of carbonyl (C=O) groups is 1. The first-order chi connectivity index (χ1) is 19.2. The number of fused-ring (bicyclic) bond motifs is 1. The third-order valence-electron chi connectivity index (χ3n) is 7.90. The Morgan fingerprint density at radius 3 is 2.55 bits per heavy atom. The third-order valence-corrected chi connectivity index (χ3v) is 8.19. The molecule has 3 aromatic rings. The van der Waals surface area contributed by atoms with Crippen molar-refractivity contribution in [3.63, 3.8) is 0 Å². The molecule has 1 amide bonds. The zero-order chi connectivity index (χ0) is 28.3. The molecule has 40 heavy (non-hydrogen) atoms. The van der Waals surface area contributed by atoms with Gasteiger partial charge in [0.05, 0.1) is 22.6 Å². The van der Waals surface area contributed by atoms with E-state index in [9.17, 15) is 15.0 Å². The second-order valence-corrected chi connectivity index (χ2v) is 12.2. The van der Waals surface area contributed by atoms with Crippen LogP contribution in [-0.4, -0.2) is 72.0 Å². The predicted octanol–water partition coefficient (Wildman–Crippen LogP) is 4.78. The topological polar surface area (TPSA) is 85.3 Å². The zero-order valence-corrected chi connectivity index (χ0v) is 24.1. The Kier molecular flexibility index (Phi) is 8.86. The first-order valence-electron chi connectivity index (χ1n) is 14.3. The second-order valence-electron chi connectivity index (χ2n) is 11.8. The minimum atomic E-state index is -0.989. The van der Waals surface area contributed by atoms with Crippen molar-refractivity contribution in [2.45, 2.75) is 50.9 Å². The summed E-state index contributed by atoms with van der Waals surface area (Å²) in [4.78, 5) is 18.1. The molecular formula is C32H40ClN3O4. The number of nitrogens with one attached hydrogen (secondary N) is 1. The van der Waals surface area contributed by atoms with Gasteiger partial charge in [0, 0.05) is 25.3 Å². The van der Waals surface area contributed by atoms with E-state index in [4.69, 9.17) is 16.3 Å². The van der Waals surface area contributed by atoms with Gasteiger partial charge in [0.2, 0.25) is 5.91 Å². The molecule has 0 spiro atoms. The highest BCUT2D eigenvalue weighted by Gasteiger charge is 2.33. The minimum absolute atomic E-state index is 0.0252. The van der Waals surface area contributed by atoms with Crippen LogP contribution in [0.25, 0.3) is 10.8 Å². The van der Waals surface area contributed by atoms with E-state index in [1.54, 1.807) is 32.0 Å². The summed E-state index contributed by atoms with van der Waals surface area (Å²) in [7, 11) is 0. The van der Waals surface area contributed by atoms with Crippen LogP contribution in [0.15, 0.2) is 60.7 Å². The Labute approximate surface area is 241 Å². The molecule has 0 aromatic heterocycles. The molecule has 214 valence electrons. The van der Waals surface area contributed by atoms with Crippen molar-refractivity contribution in [1.82, 2.24) is 10.2 Å². The first kappa shape index (κ1) is 28.7. The number of benzene rings is 3. The van der Waals surface area contributed by atoms with Gasteiger partial charge in [-0.25, -0.2) is 0 Å². The van der Waals surface area contributed by atoms with Crippen molar-refractivity contribution < 1.29 is 19.7 Å². The van der Waals surface area contributed by atoms with E-state index in [1.165, 1.54) is 10.8 Å². The number of hydrogen-bond acceptors (Lipinski definition) is 6. The van der Waals surface area contributed by atoms with Crippen LogP contribution in [0.5, 0.6) is 5.75 Å². The number of carbonyl (C=O) groups excluding carboxylic acids is 1. The van der Waals surface area contributed by atoms with E-state index in [0.29, 0.717) is 29.4 Å². The summed E-state index contributed by atoms with van der Waals surface area (Å²) >= 11 is 6.48.